The summed E-state index contributed by atoms with van der Waals surface area (Å²) in [5.41, 5.74) is 1.12. The Kier molecular flexibility index (Phi) is 9.14. The molecule has 1 aliphatic heterocycles. The van der Waals surface area contributed by atoms with Crippen molar-refractivity contribution in [2.75, 3.05) is 31.5 Å². The topological polar surface area (TPSA) is 78.5 Å². The van der Waals surface area contributed by atoms with Crippen molar-refractivity contribution in [2.24, 2.45) is 5.92 Å². The molecule has 1 aromatic carbocycles. The van der Waals surface area contributed by atoms with Crippen molar-refractivity contribution < 1.29 is 14.4 Å². The lowest BCUT2D eigenvalue weighted by Crippen LogP contribution is -2.41. The van der Waals surface area contributed by atoms with Crippen molar-refractivity contribution >= 4 is 23.3 Å². The second-order valence-corrected chi connectivity index (χ2v) is 7.51. The molecule has 0 unspecified atom stereocenters. The van der Waals surface area contributed by atoms with E-state index in [0.717, 1.165) is 58.3 Å². The number of hydrogen-bond acceptors (Lipinski definition) is 4. The number of nitrogens with one attached hydrogen (secondary N) is 2. The van der Waals surface area contributed by atoms with Gasteiger partial charge < -0.3 is 15.5 Å². The molecule has 1 aliphatic rings. The Labute approximate surface area is 168 Å². The highest BCUT2D eigenvalue weighted by Crippen LogP contribution is 2.19. The number of amides is 2. The normalized spacial score (nSPS) is 15.2. The first kappa shape index (κ1) is 22.1. The molecule has 2 N–H and O–H groups in total. The molecule has 0 aromatic heterocycles. The molecule has 1 heterocycles. The van der Waals surface area contributed by atoms with Crippen molar-refractivity contribution in [3.05, 3.63) is 29.8 Å². The summed E-state index contributed by atoms with van der Waals surface area (Å²) >= 11 is 0. The average molecular weight is 388 g/mol. The van der Waals surface area contributed by atoms with E-state index in [-0.39, 0.29) is 23.5 Å². The highest BCUT2D eigenvalue weighted by Gasteiger charge is 2.24. The fourth-order valence-corrected chi connectivity index (χ4v) is 3.53. The molecule has 0 radical (unpaired) electrons. The van der Waals surface area contributed by atoms with Crippen LogP contribution in [-0.4, -0.2) is 48.7 Å². The zero-order valence-electron chi connectivity index (χ0n) is 17.1. The van der Waals surface area contributed by atoms with E-state index in [1.165, 1.54) is 6.92 Å². The van der Waals surface area contributed by atoms with Crippen LogP contribution in [0.2, 0.25) is 0 Å². The van der Waals surface area contributed by atoms with Crippen LogP contribution >= 0.6 is 0 Å². The van der Waals surface area contributed by atoms with Crippen LogP contribution < -0.4 is 10.6 Å². The third-order valence-corrected chi connectivity index (χ3v) is 5.25. The number of carbonyl (C=O) groups excluding carboxylic acids is 3. The monoisotopic (exact) mass is 387 g/mol. The van der Waals surface area contributed by atoms with Gasteiger partial charge in [-0.25, -0.2) is 0 Å². The molecule has 6 heteroatoms. The van der Waals surface area contributed by atoms with Crippen LogP contribution in [0.4, 0.5) is 5.69 Å². The van der Waals surface area contributed by atoms with Crippen LogP contribution in [0.25, 0.3) is 0 Å². The Bertz CT molecular complexity index is 667. The number of Topliss-reactive ketones (excluding diaryl/α,β-unsaturated/α-hetero) is 1. The molecule has 6 nitrogen and oxygen atoms in total. The second-order valence-electron chi connectivity index (χ2n) is 7.51. The third kappa shape index (κ3) is 7.08. The van der Waals surface area contributed by atoms with Gasteiger partial charge in [0.25, 0.3) is 0 Å². The van der Waals surface area contributed by atoms with Gasteiger partial charge in [-0.3, -0.25) is 14.4 Å². The van der Waals surface area contributed by atoms with E-state index in [1.54, 1.807) is 18.2 Å². The molecule has 28 heavy (non-hydrogen) atoms. The van der Waals surface area contributed by atoms with Gasteiger partial charge in [0.05, 0.1) is 5.69 Å². The maximum atomic E-state index is 12.2. The molecule has 2 rings (SSSR count). The lowest BCUT2D eigenvalue weighted by molar-refractivity contribution is -0.126. The number of para-hydroxylation sites is 1. The Morgan fingerprint density at radius 1 is 1.11 bits per heavy atom. The fourth-order valence-electron chi connectivity index (χ4n) is 3.53. The highest BCUT2D eigenvalue weighted by atomic mass is 16.2. The van der Waals surface area contributed by atoms with Gasteiger partial charge in [-0.2, -0.15) is 0 Å². The molecule has 154 valence electrons. The van der Waals surface area contributed by atoms with Crippen molar-refractivity contribution in [1.29, 1.82) is 0 Å². The zero-order chi connectivity index (χ0) is 20.4. The Balaban J connectivity index is 1.66. The number of rotatable bonds is 10. The summed E-state index contributed by atoms with van der Waals surface area (Å²) in [5.74, 6) is 0.187. The third-order valence-electron chi connectivity index (χ3n) is 5.25. The van der Waals surface area contributed by atoms with Gasteiger partial charge in [0.15, 0.2) is 5.78 Å². The molecule has 0 spiro atoms. The molecule has 1 fully saturated rings. The summed E-state index contributed by atoms with van der Waals surface area (Å²) in [6.45, 7) is 7.05. The lowest BCUT2D eigenvalue weighted by atomic mass is 9.95. The van der Waals surface area contributed by atoms with E-state index in [4.69, 9.17) is 0 Å². The molecule has 2 amide bonds. The minimum atomic E-state index is -0.0705. The van der Waals surface area contributed by atoms with E-state index in [9.17, 15) is 14.4 Å². The molecule has 0 atom stereocenters. The highest BCUT2D eigenvalue weighted by molar-refractivity contribution is 6.03. The van der Waals surface area contributed by atoms with Gasteiger partial charge >= 0.3 is 0 Å². The smallest absolute Gasteiger partial charge is 0.224 e. The number of carbonyl (C=O) groups is 3. The minimum absolute atomic E-state index is 0.0579. The second kappa shape index (κ2) is 11.6. The predicted molar refractivity (Wildman–Crippen MR) is 111 cm³/mol. The Morgan fingerprint density at radius 3 is 2.50 bits per heavy atom. The number of unbranched alkanes of at least 4 members (excludes halogenated alkanes) is 1. The molecule has 1 saturated heterocycles. The Morgan fingerprint density at radius 2 is 1.82 bits per heavy atom. The summed E-state index contributed by atoms with van der Waals surface area (Å²) in [6.07, 6.45) is 5.08. The van der Waals surface area contributed by atoms with Gasteiger partial charge in [-0.1, -0.05) is 25.5 Å². The quantitative estimate of drug-likeness (QED) is 0.477. The number of hydrogen-bond donors (Lipinski definition) is 2. The van der Waals surface area contributed by atoms with Crippen LogP contribution in [0.1, 0.15) is 62.7 Å². The first-order chi connectivity index (χ1) is 13.5. The molecule has 0 aliphatic carbocycles. The van der Waals surface area contributed by atoms with Crippen molar-refractivity contribution in [3.63, 3.8) is 0 Å². The van der Waals surface area contributed by atoms with E-state index >= 15 is 0 Å². The number of anilines is 1. The maximum absolute atomic E-state index is 12.2. The Hall–Kier alpha value is -2.21. The summed E-state index contributed by atoms with van der Waals surface area (Å²) in [7, 11) is 0. The predicted octanol–water partition coefficient (Wildman–Crippen LogP) is 3.24. The number of piperidine rings is 1. The van der Waals surface area contributed by atoms with Gasteiger partial charge in [0, 0.05) is 24.4 Å². The van der Waals surface area contributed by atoms with Gasteiger partial charge in [-0.15, -0.1) is 0 Å². The largest absolute Gasteiger partial charge is 0.356 e. The SMILES string of the molecule is CCCCNC(=O)C1CCN(CCCC(=O)Nc2ccccc2C(C)=O)CC1. The lowest BCUT2D eigenvalue weighted by Gasteiger charge is -2.31. The van der Waals surface area contributed by atoms with E-state index in [2.05, 4.69) is 22.5 Å². The van der Waals surface area contributed by atoms with Crippen LogP contribution in [0.15, 0.2) is 24.3 Å². The number of nitrogens with zero attached hydrogens (tertiary/aromatic N) is 1. The molecular formula is C22H33N3O3. The van der Waals surface area contributed by atoms with Crippen LogP contribution in [0.3, 0.4) is 0 Å². The molecule has 1 aromatic rings. The first-order valence-corrected chi connectivity index (χ1v) is 10.4. The number of likely N-dealkylation sites (tertiary alicyclic amines) is 1. The minimum Gasteiger partial charge on any atom is -0.356 e. The summed E-state index contributed by atoms with van der Waals surface area (Å²) in [4.78, 5) is 38.3. The number of ketones is 1. The van der Waals surface area contributed by atoms with Crippen molar-refractivity contribution in [1.82, 2.24) is 10.2 Å². The van der Waals surface area contributed by atoms with Crippen LogP contribution in [0, 0.1) is 5.92 Å². The standard InChI is InChI=1S/C22H33N3O3/c1-3-4-13-23-22(28)18-11-15-25(16-12-18)14-7-10-21(27)24-20-9-6-5-8-19(20)17(2)26/h5-6,8-9,18H,3-4,7,10-16H2,1-2H3,(H,23,28)(H,24,27). The van der Waals surface area contributed by atoms with Crippen LogP contribution in [0.5, 0.6) is 0 Å². The van der Waals surface area contributed by atoms with Crippen molar-refractivity contribution in [3.8, 4) is 0 Å². The van der Waals surface area contributed by atoms with E-state index in [0.29, 0.717) is 17.7 Å². The summed E-state index contributed by atoms with van der Waals surface area (Å²) in [5, 5.41) is 5.87. The summed E-state index contributed by atoms with van der Waals surface area (Å²) < 4.78 is 0. The van der Waals surface area contributed by atoms with Crippen molar-refractivity contribution in [2.45, 2.75) is 52.4 Å². The first-order valence-electron chi connectivity index (χ1n) is 10.4. The van der Waals surface area contributed by atoms with E-state index < -0.39 is 0 Å². The van der Waals surface area contributed by atoms with Crippen LogP contribution in [-0.2, 0) is 9.59 Å². The van der Waals surface area contributed by atoms with Gasteiger partial charge in [0.2, 0.25) is 11.8 Å². The average Bonchev–Trinajstić information content (AvgIpc) is 2.69. The number of benzene rings is 1. The molecule has 0 bridgehead atoms. The molecular weight excluding hydrogens is 354 g/mol. The van der Waals surface area contributed by atoms with Gasteiger partial charge in [0.1, 0.15) is 0 Å². The zero-order valence-corrected chi connectivity index (χ0v) is 17.1. The molecule has 0 saturated carbocycles. The van der Waals surface area contributed by atoms with Gasteiger partial charge in [-0.05, 0) is 64.4 Å². The maximum Gasteiger partial charge on any atom is 0.224 e. The van der Waals surface area contributed by atoms with E-state index in [1.807, 2.05) is 6.07 Å². The fraction of sp³-hybridized carbons (Fsp3) is 0.591. The summed E-state index contributed by atoms with van der Waals surface area (Å²) in [6, 6.07) is 7.08.